The number of nitrogens with zero attached hydrogens (tertiary/aromatic N) is 2. The number of hydrogen-bond donors (Lipinski definition) is 0. The number of rotatable bonds is 4. The molecular formula is C18H23FN2O. The fraction of sp³-hybridized carbons (Fsp3) is 0.500. The highest BCUT2D eigenvalue weighted by Crippen LogP contribution is 2.24. The maximum Gasteiger partial charge on any atom is 0.138 e. The molecule has 3 rings (SSSR count). The first-order chi connectivity index (χ1) is 10.6. The third-order valence-electron chi connectivity index (χ3n) is 4.71. The topological polar surface area (TPSA) is 29.3 Å². The highest BCUT2D eigenvalue weighted by molar-refractivity contribution is 5.20. The summed E-state index contributed by atoms with van der Waals surface area (Å²) in [5.41, 5.74) is 3.48. The second-order valence-electron chi connectivity index (χ2n) is 6.35. The summed E-state index contributed by atoms with van der Waals surface area (Å²) in [7, 11) is 0. The van der Waals surface area contributed by atoms with Crippen LogP contribution in [0.25, 0.3) is 0 Å². The van der Waals surface area contributed by atoms with E-state index in [9.17, 15) is 4.39 Å². The predicted octanol–water partition coefficient (Wildman–Crippen LogP) is 3.89. The van der Waals surface area contributed by atoms with Gasteiger partial charge in [-0.2, -0.15) is 0 Å². The second-order valence-corrected chi connectivity index (χ2v) is 6.35. The van der Waals surface area contributed by atoms with E-state index in [2.05, 4.69) is 10.1 Å². The van der Waals surface area contributed by atoms with Gasteiger partial charge in [0, 0.05) is 12.1 Å². The lowest BCUT2D eigenvalue weighted by atomic mass is 9.90. The number of halogens is 1. The van der Waals surface area contributed by atoms with Crippen LogP contribution in [0, 0.1) is 25.6 Å². The molecule has 1 aliphatic heterocycles. The molecule has 0 atom stereocenters. The van der Waals surface area contributed by atoms with Gasteiger partial charge in [0.1, 0.15) is 11.6 Å². The van der Waals surface area contributed by atoms with Gasteiger partial charge in [-0.15, -0.1) is 0 Å². The Kier molecular flexibility index (Phi) is 4.57. The minimum atomic E-state index is -0.155. The first-order valence-electron chi connectivity index (χ1n) is 8.00. The molecule has 1 aliphatic rings. The van der Waals surface area contributed by atoms with Crippen molar-refractivity contribution in [3.8, 4) is 0 Å². The van der Waals surface area contributed by atoms with E-state index >= 15 is 0 Å². The Morgan fingerprint density at radius 3 is 2.45 bits per heavy atom. The fourth-order valence-electron chi connectivity index (χ4n) is 3.25. The summed E-state index contributed by atoms with van der Waals surface area (Å²) in [6, 6.07) is 6.93. The smallest absolute Gasteiger partial charge is 0.138 e. The lowest BCUT2D eigenvalue weighted by Crippen LogP contribution is -2.34. The normalized spacial score (nSPS) is 17.0. The molecule has 2 heterocycles. The third-order valence-corrected chi connectivity index (χ3v) is 4.71. The van der Waals surface area contributed by atoms with E-state index in [1.165, 1.54) is 24.0 Å². The van der Waals surface area contributed by atoms with Crippen molar-refractivity contribution in [1.29, 1.82) is 0 Å². The summed E-state index contributed by atoms with van der Waals surface area (Å²) in [5.74, 6) is 1.48. The van der Waals surface area contributed by atoms with Crippen LogP contribution < -0.4 is 0 Å². The number of benzene rings is 1. The van der Waals surface area contributed by atoms with Gasteiger partial charge in [-0.25, -0.2) is 4.39 Å². The molecule has 0 aliphatic carbocycles. The van der Waals surface area contributed by atoms with Gasteiger partial charge in [0.15, 0.2) is 0 Å². The lowest BCUT2D eigenvalue weighted by molar-refractivity contribution is 0.176. The molecular weight excluding hydrogens is 279 g/mol. The Balaban J connectivity index is 1.51. The van der Waals surface area contributed by atoms with Crippen molar-refractivity contribution in [2.75, 3.05) is 13.1 Å². The minimum Gasteiger partial charge on any atom is -0.361 e. The van der Waals surface area contributed by atoms with Gasteiger partial charge < -0.3 is 4.52 Å². The lowest BCUT2D eigenvalue weighted by Gasteiger charge is -2.32. The maximum atomic E-state index is 12.9. The average Bonchev–Trinajstić information content (AvgIpc) is 2.83. The Hall–Kier alpha value is -1.68. The molecule has 2 aromatic rings. The average molecular weight is 302 g/mol. The van der Waals surface area contributed by atoms with Crippen LogP contribution in [0.15, 0.2) is 28.8 Å². The van der Waals surface area contributed by atoms with Crippen LogP contribution >= 0.6 is 0 Å². The summed E-state index contributed by atoms with van der Waals surface area (Å²) in [5, 5.41) is 4.03. The van der Waals surface area contributed by atoms with E-state index in [0.29, 0.717) is 5.92 Å². The monoisotopic (exact) mass is 302 g/mol. The van der Waals surface area contributed by atoms with Crippen LogP contribution in [0.3, 0.4) is 0 Å². The Labute approximate surface area is 131 Å². The molecule has 1 saturated heterocycles. The van der Waals surface area contributed by atoms with Crippen LogP contribution in [0.5, 0.6) is 0 Å². The molecule has 1 fully saturated rings. The van der Waals surface area contributed by atoms with Crippen molar-refractivity contribution >= 4 is 0 Å². The molecule has 0 radical (unpaired) electrons. The van der Waals surface area contributed by atoms with E-state index in [-0.39, 0.29) is 5.82 Å². The minimum absolute atomic E-state index is 0.155. The van der Waals surface area contributed by atoms with E-state index in [0.717, 1.165) is 37.5 Å². The van der Waals surface area contributed by atoms with Crippen molar-refractivity contribution in [2.24, 2.45) is 5.92 Å². The zero-order valence-corrected chi connectivity index (χ0v) is 13.3. The van der Waals surface area contributed by atoms with Gasteiger partial charge in [-0.05, 0) is 69.8 Å². The molecule has 1 aromatic carbocycles. The Morgan fingerprint density at radius 2 is 1.86 bits per heavy atom. The van der Waals surface area contributed by atoms with E-state index in [4.69, 9.17) is 4.52 Å². The van der Waals surface area contributed by atoms with Gasteiger partial charge in [-0.3, -0.25) is 4.90 Å². The predicted molar refractivity (Wildman–Crippen MR) is 84.1 cm³/mol. The Bertz CT molecular complexity index is 593. The van der Waals surface area contributed by atoms with Crippen molar-refractivity contribution in [2.45, 2.75) is 39.7 Å². The van der Waals surface area contributed by atoms with Crippen LogP contribution in [-0.4, -0.2) is 23.1 Å². The second kappa shape index (κ2) is 6.61. The highest BCUT2D eigenvalue weighted by Gasteiger charge is 2.21. The van der Waals surface area contributed by atoms with Crippen molar-refractivity contribution in [3.63, 3.8) is 0 Å². The van der Waals surface area contributed by atoms with E-state index in [1.807, 2.05) is 26.0 Å². The van der Waals surface area contributed by atoms with Crippen LogP contribution in [0.1, 0.15) is 35.4 Å². The van der Waals surface area contributed by atoms with Gasteiger partial charge in [0.05, 0.1) is 5.69 Å². The number of likely N-dealkylation sites (tertiary alicyclic amines) is 1. The van der Waals surface area contributed by atoms with E-state index < -0.39 is 0 Å². The first-order valence-corrected chi connectivity index (χ1v) is 8.00. The maximum absolute atomic E-state index is 12.9. The summed E-state index contributed by atoms with van der Waals surface area (Å²) in [4.78, 5) is 2.48. The zero-order chi connectivity index (χ0) is 15.5. The summed E-state index contributed by atoms with van der Waals surface area (Å²) in [6.07, 6.45) is 3.45. The molecule has 0 bridgehead atoms. The molecule has 3 nitrogen and oxygen atoms in total. The largest absolute Gasteiger partial charge is 0.361 e. The van der Waals surface area contributed by atoms with Crippen LogP contribution in [0.2, 0.25) is 0 Å². The van der Waals surface area contributed by atoms with Crippen LogP contribution in [-0.2, 0) is 13.0 Å². The quantitative estimate of drug-likeness (QED) is 0.858. The molecule has 0 amide bonds. The highest BCUT2D eigenvalue weighted by atomic mass is 19.1. The number of aromatic nitrogens is 1. The van der Waals surface area contributed by atoms with Crippen LogP contribution in [0.4, 0.5) is 4.39 Å². The molecule has 0 unspecified atom stereocenters. The first kappa shape index (κ1) is 15.2. The third kappa shape index (κ3) is 3.55. The number of piperidine rings is 1. The van der Waals surface area contributed by atoms with Crippen molar-refractivity contribution in [3.05, 3.63) is 52.7 Å². The summed E-state index contributed by atoms with van der Waals surface area (Å²) in [6.45, 7) is 7.14. The summed E-state index contributed by atoms with van der Waals surface area (Å²) >= 11 is 0. The van der Waals surface area contributed by atoms with Gasteiger partial charge in [-0.1, -0.05) is 17.3 Å². The summed E-state index contributed by atoms with van der Waals surface area (Å²) < 4.78 is 18.2. The van der Waals surface area contributed by atoms with Gasteiger partial charge >= 0.3 is 0 Å². The standard InChI is InChI=1S/C18H23FN2O/c1-13-18(14(2)22-20-13)12-21-9-7-16(8-10-21)11-15-3-5-17(19)6-4-15/h3-6,16H,7-12H2,1-2H3. The van der Waals surface area contributed by atoms with E-state index in [1.54, 1.807) is 12.1 Å². The fourth-order valence-corrected chi connectivity index (χ4v) is 3.25. The Morgan fingerprint density at radius 1 is 1.18 bits per heavy atom. The molecule has 4 heteroatoms. The van der Waals surface area contributed by atoms with Gasteiger partial charge in [0.25, 0.3) is 0 Å². The number of hydrogen-bond acceptors (Lipinski definition) is 3. The number of aryl methyl sites for hydroxylation is 2. The van der Waals surface area contributed by atoms with Gasteiger partial charge in [0.2, 0.25) is 0 Å². The molecule has 22 heavy (non-hydrogen) atoms. The molecule has 118 valence electrons. The van der Waals surface area contributed by atoms with Crippen molar-refractivity contribution < 1.29 is 8.91 Å². The molecule has 0 N–H and O–H groups in total. The SMILES string of the molecule is Cc1noc(C)c1CN1CCC(Cc2ccc(F)cc2)CC1. The zero-order valence-electron chi connectivity index (χ0n) is 13.3. The van der Waals surface area contributed by atoms with Crippen molar-refractivity contribution in [1.82, 2.24) is 10.1 Å². The molecule has 1 aromatic heterocycles. The molecule has 0 saturated carbocycles. The molecule has 0 spiro atoms.